The Morgan fingerprint density at radius 3 is 3.05 bits per heavy atom. The average molecular weight is 297 g/mol. The Balaban J connectivity index is 1.98. The third kappa shape index (κ3) is 4.08. The predicted molar refractivity (Wildman–Crippen MR) is 83.1 cm³/mol. The van der Waals surface area contributed by atoms with E-state index in [-0.39, 0.29) is 0 Å². The molecule has 3 N–H and O–H groups in total. The van der Waals surface area contributed by atoms with Crippen LogP contribution >= 0.6 is 22.9 Å². The quantitative estimate of drug-likeness (QED) is 0.673. The van der Waals surface area contributed by atoms with E-state index >= 15 is 0 Å². The minimum absolute atomic E-state index is 0.299. The molecule has 1 aromatic heterocycles. The number of rotatable bonds is 4. The number of benzene rings is 1. The average Bonchev–Trinajstić information content (AvgIpc) is 2.69. The molecule has 6 heteroatoms. The Labute approximate surface area is 121 Å². The summed E-state index contributed by atoms with van der Waals surface area (Å²) >= 11 is 7.61. The summed E-state index contributed by atoms with van der Waals surface area (Å²) in [6, 6.07) is 6.06. The van der Waals surface area contributed by atoms with Crippen LogP contribution in [0.1, 0.15) is 18.9 Å². The maximum absolute atomic E-state index is 5.94. The Kier molecular flexibility index (Phi) is 4.61. The highest BCUT2D eigenvalue weighted by atomic mass is 35.5. The summed E-state index contributed by atoms with van der Waals surface area (Å²) < 4.78 is 1.15. The summed E-state index contributed by atoms with van der Waals surface area (Å²) in [6.45, 7) is 4.69. The molecule has 2 rings (SSSR count). The van der Waals surface area contributed by atoms with Gasteiger partial charge in [-0.15, -0.1) is 11.3 Å². The molecule has 102 valence electrons. The summed E-state index contributed by atoms with van der Waals surface area (Å²) in [5, 5.41) is 4.83. The maximum atomic E-state index is 5.94. The molecule has 0 saturated heterocycles. The zero-order valence-electron chi connectivity index (χ0n) is 11.0. The van der Waals surface area contributed by atoms with Crippen molar-refractivity contribution in [2.45, 2.75) is 26.3 Å². The Hall–Kier alpha value is -1.33. The number of thiazole rings is 1. The van der Waals surface area contributed by atoms with Crippen LogP contribution in [0.3, 0.4) is 0 Å². The van der Waals surface area contributed by atoms with Crippen LogP contribution in [0.5, 0.6) is 0 Å². The van der Waals surface area contributed by atoms with Crippen molar-refractivity contribution >= 4 is 39.1 Å². The number of halogens is 1. The number of nitrogens with zero attached hydrogens (tertiary/aromatic N) is 2. The number of guanidine groups is 1. The molecule has 0 aliphatic carbocycles. The topological polar surface area (TPSA) is 63.3 Å². The van der Waals surface area contributed by atoms with E-state index in [4.69, 9.17) is 17.3 Å². The zero-order chi connectivity index (χ0) is 13.8. The predicted octanol–water partition coefficient (Wildman–Crippen LogP) is 2.80. The second-order valence-electron chi connectivity index (χ2n) is 4.54. The maximum Gasteiger partial charge on any atom is 0.188 e. The summed E-state index contributed by atoms with van der Waals surface area (Å²) in [6.07, 6.45) is 0.789. The number of nitrogens with two attached hydrogens (primary N) is 1. The largest absolute Gasteiger partial charge is 0.370 e. The smallest absolute Gasteiger partial charge is 0.188 e. The van der Waals surface area contributed by atoms with Crippen LogP contribution in [0.25, 0.3) is 10.2 Å². The van der Waals surface area contributed by atoms with E-state index in [9.17, 15) is 0 Å². The number of aromatic nitrogens is 1. The van der Waals surface area contributed by atoms with Crippen LogP contribution in [0.2, 0.25) is 5.02 Å². The van der Waals surface area contributed by atoms with E-state index in [2.05, 4.69) is 15.3 Å². The minimum Gasteiger partial charge on any atom is -0.370 e. The van der Waals surface area contributed by atoms with Crippen LogP contribution in [0.4, 0.5) is 0 Å². The van der Waals surface area contributed by atoms with E-state index in [0.29, 0.717) is 23.6 Å². The van der Waals surface area contributed by atoms with Gasteiger partial charge in [0.15, 0.2) is 5.96 Å². The van der Waals surface area contributed by atoms with Crippen molar-refractivity contribution in [2.24, 2.45) is 10.7 Å². The molecule has 0 radical (unpaired) electrons. The molecule has 0 fully saturated rings. The molecular weight excluding hydrogens is 280 g/mol. The number of nitrogens with one attached hydrogen (secondary N) is 1. The van der Waals surface area contributed by atoms with Gasteiger partial charge in [-0.3, -0.25) is 4.99 Å². The lowest BCUT2D eigenvalue weighted by Crippen LogP contribution is -2.36. The van der Waals surface area contributed by atoms with Crippen LogP contribution in [-0.2, 0) is 6.42 Å². The number of hydrogen-bond donors (Lipinski definition) is 2. The third-order valence-corrected chi connectivity index (χ3v) is 3.77. The SMILES string of the molecule is CC(C)NC(N)=NCCc1nc2cc(Cl)ccc2s1. The first-order valence-corrected chi connectivity index (χ1v) is 7.35. The molecule has 0 atom stereocenters. The van der Waals surface area contributed by atoms with Gasteiger partial charge in [-0.25, -0.2) is 4.98 Å². The van der Waals surface area contributed by atoms with Gasteiger partial charge in [0.1, 0.15) is 0 Å². The van der Waals surface area contributed by atoms with E-state index < -0.39 is 0 Å². The van der Waals surface area contributed by atoms with E-state index in [1.54, 1.807) is 11.3 Å². The molecule has 0 spiro atoms. The lowest BCUT2D eigenvalue weighted by atomic mass is 10.3. The Morgan fingerprint density at radius 1 is 1.53 bits per heavy atom. The van der Waals surface area contributed by atoms with Gasteiger partial charge in [0.05, 0.1) is 15.2 Å². The van der Waals surface area contributed by atoms with Gasteiger partial charge in [-0.2, -0.15) is 0 Å². The molecule has 0 amide bonds. The fraction of sp³-hybridized carbons (Fsp3) is 0.385. The Morgan fingerprint density at radius 2 is 2.32 bits per heavy atom. The molecule has 2 aromatic rings. The molecule has 4 nitrogen and oxygen atoms in total. The van der Waals surface area contributed by atoms with Gasteiger partial charge in [0.2, 0.25) is 0 Å². The van der Waals surface area contributed by atoms with Gasteiger partial charge < -0.3 is 11.1 Å². The van der Waals surface area contributed by atoms with E-state index in [0.717, 1.165) is 21.6 Å². The first-order valence-electron chi connectivity index (χ1n) is 6.16. The monoisotopic (exact) mass is 296 g/mol. The van der Waals surface area contributed by atoms with Crippen molar-refractivity contribution in [2.75, 3.05) is 6.54 Å². The summed E-state index contributed by atoms with van der Waals surface area (Å²) in [5.41, 5.74) is 6.69. The zero-order valence-corrected chi connectivity index (χ0v) is 12.6. The van der Waals surface area contributed by atoms with Crippen molar-refractivity contribution < 1.29 is 0 Å². The second-order valence-corrected chi connectivity index (χ2v) is 6.09. The molecule has 0 saturated carbocycles. The fourth-order valence-corrected chi connectivity index (χ4v) is 2.77. The normalized spacial score (nSPS) is 12.3. The molecule has 19 heavy (non-hydrogen) atoms. The molecule has 0 aliphatic heterocycles. The van der Waals surface area contributed by atoms with Gasteiger partial charge in [-0.1, -0.05) is 11.6 Å². The van der Waals surface area contributed by atoms with E-state index in [1.807, 2.05) is 32.0 Å². The van der Waals surface area contributed by atoms with E-state index in [1.165, 1.54) is 0 Å². The molecule has 1 heterocycles. The van der Waals surface area contributed by atoms with Crippen molar-refractivity contribution in [3.05, 3.63) is 28.2 Å². The highest BCUT2D eigenvalue weighted by Gasteiger charge is 2.04. The fourth-order valence-electron chi connectivity index (χ4n) is 1.67. The Bertz CT molecular complexity index is 591. The molecule has 0 unspecified atom stereocenters. The van der Waals surface area contributed by atoms with Crippen LogP contribution in [0, 0.1) is 0 Å². The van der Waals surface area contributed by atoms with Crippen molar-refractivity contribution in [1.82, 2.24) is 10.3 Å². The first-order chi connectivity index (χ1) is 9.04. The van der Waals surface area contributed by atoms with Crippen LogP contribution < -0.4 is 11.1 Å². The van der Waals surface area contributed by atoms with Gasteiger partial charge in [0, 0.05) is 24.0 Å². The summed E-state index contributed by atoms with van der Waals surface area (Å²) in [4.78, 5) is 8.81. The number of hydrogen-bond acceptors (Lipinski definition) is 3. The highest BCUT2D eigenvalue weighted by Crippen LogP contribution is 2.25. The summed E-state index contributed by atoms with van der Waals surface area (Å²) in [5.74, 6) is 0.485. The van der Waals surface area contributed by atoms with Crippen LogP contribution in [-0.4, -0.2) is 23.5 Å². The summed E-state index contributed by atoms with van der Waals surface area (Å²) in [7, 11) is 0. The lowest BCUT2D eigenvalue weighted by Gasteiger charge is -2.07. The lowest BCUT2D eigenvalue weighted by molar-refractivity contribution is 0.723. The van der Waals surface area contributed by atoms with Crippen molar-refractivity contribution in [3.8, 4) is 0 Å². The number of aliphatic imine (C=N–C) groups is 1. The minimum atomic E-state index is 0.299. The van der Waals surface area contributed by atoms with Crippen molar-refractivity contribution in [3.63, 3.8) is 0 Å². The molecule has 1 aromatic carbocycles. The highest BCUT2D eigenvalue weighted by molar-refractivity contribution is 7.18. The van der Waals surface area contributed by atoms with Gasteiger partial charge in [0.25, 0.3) is 0 Å². The molecular formula is C13H17ClN4S. The van der Waals surface area contributed by atoms with Gasteiger partial charge >= 0.3 is 0 Å². The molecule has 0 aliphatic rings. The third-order valence-electron chi connectivity index (χ3n) is 2.44. The second kappa shape index (κ2) is 6.21. The van der Waals surface area contributed by atoms with Crippen LogP contribution in [0.15, 0.2) is 23.2 Å². The first kappa shape index (κ1) is 14.1. The van der Waals surface area contributed by atoms with Crippen molar-refractivity contribution in [1.29, 1.82) is 0 Å². The molecule has 0 bridgehead atoms. The number of fused-ring (bicyclic) bond motifs is 1. The standard InChI is InChI=1S/C13H17ClN4S/c1-8(2)17-13(15)16-6-5-12-18-10-7-9(14)3-4-11(10)19-12/h3-4,7-8H,5-6H2,1-2H3,(H3,15,16,17). The van der Waals surface area contributed by atoms with Gasteiger partial charge in [-0.05, 0) is 32.0 Å².